The lowest BCUT2D eigenvalue weighted by molar-refractivity contribution is -0.0667. The van der Waals surface area contributed by atoms with Gasteiger partial charge in [-0.1, -0.05) is 0 Å². The molecule has 11 heteroatoms. The Bertz CT molecular complexity index is 416. The number of carbonyl (C=O) groups is 1. The van der Waals surface area contributed by atoms with Crippen LogP contribution in [-0.2, 0) is 13.8 Å². The molecule has 0 spiro atoms. The van der Waals surface area contributed by atoms with Gasteiger partial charge in [-0.05, 0) is 6.42 Å². The summed E-state index contributed by atoms with van der Waals surface area (Å²) < 4.78 is 20.3. The molecule has 116 valence electrons. The minimum absolute atomic E-state index is 0.151. The first-order valence-electron chi connectivity index (χ1n) is 6.12. The van der Waals surface area contributed by atoms with Crippen molar-refractivity contribution in [3.8, 4) is 0 Å². The Kier molecular flexibility index (Phi) is 4.65. The van der Waals surface area contributed by atoms with Crippen LogP contribution in [0.15, 0.2) is 0 Å². The van der Waals surface area contributed by atoms with Crippen molar-refractivity contribution < 1.29 is 33.5 Å². The van der Waals surface area contributed by atoms with E-state index in [0.717, 1.165) is 0 Å². The Labute approximate surface area is 115 Å². The Balaban J connectivity index is 1.90. The average molecular weight is 311 g/mol. The highest BCUT2D eigenvalue weighted by atomic mass is 31.2. The molecule has 4 unspecified atom stereocenters. The van der Waals surface area contributed by atoms with E-state index in [1.165, 1.54) is 4.90 Å². The molecule has 0 radical (unpaired) electrons. The molecule has 2 aliphatic rings. The number of nitrogens with two attached hydrogens (primary N) is 1. The fraction of sp³-hybridized carbons (Fsp3) is 0.889. The molecule has 2 saturated heterocycles. The van der Waals surface area contributed by atoms with Gasteiger partial charge in [-0.3, -0.25) is 9.42 Å². The maximum absolute atomic E-state index is 11.7. The number of ether oxygens (including phenoxy) is 1. The molecular weight excluding hydrogens is 293 g/mol. The summed E-state index contributed by atoms with van der Waals surface area (Å²) in [6.45, 7) is -0.0621. The van der Waals surface area contributed by atoms with E-state index in [1.54, 1.807) is 0 Å². The summed E-state index contributed by atoms with van der Waals surface area (Å²) in [6.07, 6.45) is -2.23. The van der Waals surface area contributed by atoms with Gasteiger partial charge in [0.2, 0.25) is 0 Å². The fourth-order valence-corrected chi connectivity index (χ4v) is 2.54. The van der Waals surface area contributed by atoms with Crippen molar-refractivity contribution >= 4 is 13.9 Å². The van der Waals surface area contributed by atoms with E-state index < -0.39 is 45.1 Å². The number of phosphoric acid groups is 1. The van der Waals surface area contributed by atoms with E-state index in [0.29, 0.717) is 13.0 Å². The van der Waals surface area contributed by atoms with Crippen LogP contribution in [0.4, 0.5) is 4.79 Å². The second-order valence-corrected chi connectivity index (χ2v) is 6.00. The second kappa shape index (κ2) is 5.94. The summed E-state index contributed by atoms with van der Waals surface area (Å²) in [5.41, 5.74) is 5.58. The van der Waals surface area contributed by atoms with Crippen LogP contribution in [0, 0.1) is 0 Å². The van der Waals surface area contributed by atoms with Gasteiger partial charge in [0.05, 0.1) is 18.9 Å². The first-order chi connectivity index (χ1) is 9.26. The molecule has 2 heterocycles. The van der Waals surface area contributed by atoms with Gasteiger partial charge < -0.3 is 30.7 Å². The van der Waals surface area contributed by atoms with Gasteiger partial charge in [-0.25, -0.2) is 9.36 Å². The maximum atomic E-state index is 11.7. The average Bonchev–Trinajstić information content (AvgIpc) is 2.67. The van der Waals surface area contributed by atoms with Crippen molar-refractivity contribution in [3.05, 3.63) is 0 Å². The van der Waals surface area contributed by atoms with Crippen LogP contribution in [0.2, 0.25) is 0 Å². The van der Waals surface area contributed by atoms with Gasteiger partial charge >= 0.3 is 13.9 Å². The zero-order valence-electron chi connectivity index (χ0n) is 10.6. The number of aliphatic hydroxyl groups excluding tert-OH is 1. The van der Waals surface area contributed by atoms with Crippen LogP contribution < -0.4 is 11.1 Å². The van der Waals surface area contributed by atoms with Crippen LogP contribution in [0.25, 0.3) is 0 Å². The number of amides is 2. The third kappa shape index (κ3) is 3.89. The lowest BCUT2D eigenvalue weighted by atomic mass is 10.1. The first kappa shape index (κ1) is 15.6. The molecule has 0 aromatic heterocycles. The largest absolute Gasteiger partial charge is 0.469 e. The summed E-state index contributed by atoms with van der Waals surface area (Å²) in [7, 11) is -4.62. The quantitative estimate of drug-likeness (QED) is 0.384. The van der Waals surface area contributed by atoms with Crippen LogP contribution in [0.5, 0.6) is 0 Å². The summed E-state index contributed by atoms with van der Waals surface area (Å²) >= 11 is 0. The van der Waals surface area contributed by atoms with E-state index in [9.17, 15) is 14.5 Å². The number of urea groups is 1. The zero-order chi connectivity index (χ0) is 14.9. The fourth-order valence-electron chi connectivity index (χ4n) is 2.20. The van der Waals surface area contributed by atoms with E-state index >= 15 is 0 Å². The maximum Gasteiger partial charge on any atom is 0.469 e. The van der Waals surface area contributed by atoms with E-state index in [1.807, 2.05) is 0 Å². The van der Waals surface area contributed by atoms with Crippen molar-refractivity contribution in [3.63, 3.8) is 0 Å². The number of aliphatic hydroxyl groups is 1. The molecule has 6 N–H and O–H groups in total. The van der Waals surface area contributed by atoms with Crippen LogP contribution in [0.1, 0.15) is 12.8 Å². The van der Waals surface area contributed by atoms with Crippen molar-refractivity contribution in [1.82, 2.24) is 10.2 Å². The Morgan fingerprint density at radius 2 is 2.25 bits per heavy atom. The number of hydrogen-bond donors (Lipinski definition) is 5. The summed E-state index contributed by atoms with van der Waals surface area (Å²) in [5, 5.41) is 12.3. The molecule has 2 amide bonds. The molecule has 0 aliphatic carbocycles. The predicted molar refractivity (Wildman–Crippen MR) is 65.1 cm³/mol. The van der Waals surface area contributed by atoms with E-state index in [2.05, 4.69) is 9.84 Å². The Hall–Kier alpha value is -0.740. The topological polar surface area (TPSA) is 155 Å². The van der Waals surface area contributed by atoms with E-state index in [4.69, 9.17) is 20.3 Å². The summed E-state index contributed by atoms with van der Waals surface area (Å²) in [4.78, 5) is 30.4. The predicted octanol–water partition coefficient (Wildman–Crippen LogP) is -1.73. The van der Waals surface area contributed by atoms with Gasteiger partial charge in [0.15, 0.2) is 0 Å². The van der Waals surface area contributed by atoms with E-state index in [-0.39, 0.29) is 6.42 Å². The SMILES string of the molecule is NC1CCN(C2CC(O)C(COP(=O)(O)O)O2)C(=O)N1. The highest BCUT2D eigenvalue weighted by Crippen LogP contribution is 2.37. The number of phosphoric ester groups is 1. The number of carbonyl (C=O) groups excluding carboxylic acids is 1. The van der Waals surface area contributed by atoms with Gasteiger partial charge in [-0.15, -0.1) is 0 Å². The number of rotatable bonds is 4. The lowest BCUT2D eigenvalue weighted by Gasteiger charge is -2.34. The Morgan fingerprint density at radius 3 is 2.85 bits per heavy atom. The van der Waals surface area contributed by atoms with Crippen molar-refractivity contribution in [2.45, 2.75) is 37.4 Å². The molecule has 4 atom stereocenters. The van der Waals surface area contributed by atoms with Gasteiger partial charge in [-0.2, -0.15) is 0 Å². The smallest absolute Gasteiger partial charge is 0.390 e. The van der Waals surface area contributed by atoms with Crippen molar-refractivity contribution in [2.24, 2.45) is 5.73 Å². The van der Waals surface area contributed by atoms with Gasteiger partial charge in [0.1, 0.15) is 12.3 Å². The third-order valence-corrected chi connectivity index (χ3v) is 3.69. The summed E-state index contributed by atoms with van der Waals surface area (Å²) in [5.74, 6) is 0. The highest BCUT2D eigenvalue weighted by molar-refractivity contribution is 7.46. The molecule has 2 fully saturated rings. The molecule has 0 aromatic carbocycles. The van der Waals surface area contributed by atoms with Crippen LogP contribution >= 0.6 is 7.82 Å². The molecule has 0 aromatic rings. The standard InChI is InChI=1S/C9H18N3O7P/c10-7-1-2-12(9(14)11-7)8-3-5(13)6(19-8)4-18-20(15,16)17/h5-8,13H,1-4,10H2,(H,11,14)(H2,15,16,17). The monoisotopic (exact) mass is 311 g/mol. The highest BCUT2D eigenvalue weighted by Gasteiger charge is 2.41. The molecule has 0 bridgehead atoms. The number of nitrogens with one attached hydrogen (secondary N) is 1. The van der Waals surface area contributed by atoms with Gasteiger partial charge in [0, 0.05) is 13.0 Å². The number of nitrogens with zero attached hydrogens (tertiary/aromatic N) is 1. The van der Waals surface area contributed by atoms with Crippen molar-refractivity contribution in [2.75, 3.05) is 13.2 Å². The molecular formula is C9H18N3O7P. The summed E-state index contributed by atoms with van der Waals surface area (Å²) in [6, 6.07) is -0.391. The van der Waals surface area contributed by atoms with Crippen molar-refractivity contribution in [1.29, 1.82) is 0 Å². The molecule has 10 nitrogen and oxygen atoms in total. The molecule has 20 heavy (non-hydrogen) atoms. The second-order valence-electron chi connectivity index (χ2n) is 4.76. The lowest BCUT2D eigenvalue weighted by Crippen LogP contribution is -2.58. The van der Waals surface area contributed by atoms with Gasteiger partial charge in [0.25, 0.3) is 0 Å². The van der Waals surface area contributed by atoms with Crippen LogP contribution in [0.3, 0.4) is 0 Å². The minimum Gasteiger partial charge on any atom is -0.390 e. The third-order valence-electron chi connectivity index (χ3n) is 3.21. The van der Waals surface area contributed by atoms with Crippen LogP contribution in [-0.4, -0.2) is 63.6 Å². The number of hydrogen-bond acceptors (Lipinski definition) is 6. The molecule has 2 aliphatic heterocycles. The normalized spacial score (nSPS) is 35.2. The zero-order valence-corrected chi connectivity index (χ0v) is 11.5. The Morgan fingerprint density at radius 1 is 1.55 bits per heavy atom. The minimum atomic E-state index is -4.62. The molecule has 0 saturated carbocycles. The molecule has 2 rings (SSSR count). The first-order valence-corrected chi connectivity index (χ1v) is 7.65.